The largest absolute Gasteiger partial charge is 0.490 e. The van der Waals surface area contributed by atoms with Gasteiger partial charge in [-0.15, -0.1) is 0 Å². The number of hydrogen-bond acceptors (Lipinski definition) is 3. The van der Waals surface area contributed by atoms with Gasteiger partial charge in [-0.3, -0.25) is 0 Å². The van der Waals surface area contributed by atoms with Crippen LogP contribution in [0.25, 0.3) is 0 Å². The Hall–Kier alpha value is -0.580. The summed E-state index contributed by atoms with van der Waals surface area (Å²) in [7, 11) is 0. The van der Waals surface area contributed by atoms with Crippen molar-refractivity contribution in [2.24, 2.45) is 0 Å². The van der Waals surface area contributed by atoms with Crippen LogP contribution in [-0.4, -0.2) is 32.4 Å². The summed E-state index contributed by atoms with van der Waals surface area (Å²) in [5, 5.41) is 3.27. The van der Waals surface area contributed by atoms with Crippen LogP contribution in [-0.2, 0) is 4.74 Å². The van der Waals surface area contributed by atoms with Gasteiger partial charge in [0.15, 0.2) is 0 Å². The van der Waals surface area contributed by atoms with E-state index >= 15 is 0 Å². The number of benzene rings is 1. The van der Waals surface area contributed by atoms with Gasteiger partial charge in [-0.25, -0.2) is 0 Å². The van der Waals surface area contributed by atoms with Crippen molar-refractivity contribution < 1.29 is 9.47 Å². The molecule has 1 saturated heterocycles. The molecule has 0 radical (unpaired) electrons. The second kappa shape index (κ2) is 5.49. The maximum absolute atomic E-state index is 5.66. The molecular formula is C11H14BrNO2. The Morgan fingerprint density at radius 2 is 2.33 bits per heavy atom. The molecule has 15 heavy (non-hydrogen) atoms. The summed E-state index contributed by atoms with van der Waals surface area (Å²) in [6.45, 7) is 3.16. The van der Waals surface area contributed by atoms with Gasteiger partial charge in [0.05, 0.1) is 11.1 Å². The summed E-state index contributed by atoms with van der Waals surface area (Å²) in [6, 6.07) is 7.84. The van der Waals surface area contributed by atoms with Crippen LogP contribution in [0.15, 0.2) is 28.7 Å². The van der Waals surface area contributed by atoms with Gasteiger partial charge < -0.3 is 14.8 Å². The van der Waals surface area contributed by atoms with Crippen LogP contribution in [0.2, 0.25) is 0 Å². The molecule has 1 aliphatic rings. The number of hydrogen-bond donors (Lipinski definition) is 1. The molecule has 0 aliphatic carbocycles. The fourth-order valence-electron chi connectivity index (χ4n) is 1.47. The minimum Gasteiger partial charge on any atom is -0.490 e. The van der Waals surface area contributed by atoms with Crippen molar-refractivity contribution in [2.75, 3.05) is 26.3 Å². The number of para-hydroxylation sites is 1. The monoisotopic (exact) mass is 271 g/mol. The first-order valence-corrected chi connectivity index (χ1v) is 5.85. The van der Waals surface area contributed by atoms with Gasteiger partial charge in [0.1, 0.15) is 18.5 Å². The predicted octanol–water partition coefficient (Wildman–Crippen LogP) is 1.82. The summed E-state index contributed by atoms with van der Waals surface area (Å²) in [4.78, 5) is 0. The van der Waals surface area contributed by atoms with E-state index in [2.05, 4.69) is 21.2 Å². The highest BCUT2D eigenvalue weighted by Crippen LogP contribution is 2.23. The van der Waals surface area contributed by atoms with Gasteiger partial charge >= 0.3 is 0 Å². The molecule has 2 rings (SSSR count). The van der Waals surface area contributed by atoms with Crippen molar-refractivity contribution in [3.05, 3.63) is 28.7 Å². The number of nitrogens with one attached hydrogen (secondary N) is 1. The Morgan fingerprint density at radius 1 is 1.47 bits per heavy atom. The molecule has 1 aliphatic heterocycles. The molecule has 1 N–H and O–H groups in total. The second-order valence-electron chi connectivity index (χ2n) is 3.44. The van der Waals surface area contributed by atoms with E-state index in [1.807, 2.05) is 24.3 Å². The van der Waals surface area contributed by atoms with Crippen LogP contribution in [0.1, 0.15) is 0 Å². The highest BCUT2D eigenvalue weighted by molar-refractivity contribution is 9.10. The summed E-state index contributed by atoms with van der Waals surface area (Å²) < 4.78 is 12.2. The van der Waals surface area contributed by atoms with E-state index in [1.54, 1.807) is 0 Å². The molecule has 1 atom stereocenters. The average Bonchev–Trinajstić information content (AvgIpc) is 2.29. The Kier molecular flexibility index (Phi) is 4.00. The van der Waals surface area contributed by atoms with Crippen molar-refractivity contribution in [2.45, 2.75) is 6.10 Å². The maximum Gasteiger partial charge on any atom is 0.133 e. The quantitative estimate of drug-likeness (QED) is 0.910. The fraction of sp³-hybridized carbons (Fsp3) is 0.455. The summed E-state index contributed by atoms with van der Waals surface area (Å²) in [6.07, 6.45) is 0.158. The standard InChI is InChI=1S/C11H14BrNO2/c12-10-3-1-2-4-11(10)15-8-9-7-13-5-6-14-9/h1-4,9,13H,5-8H2. The van der Waals surface area contributed by atoms with Crippen molar-refractivity contribution in [3.8, 4) is 5.75 Å². The highest BCUT2D eigenvalue weighted by atomic mass is 79.9. The minimum absolute atomic E-state index is 0.158. The molecule has 1 aromatic rings. The highest BCUT2D eigenvalue weighted by Gasteiger charge is 2.14. The molecule has 0 spiro atoms. The zero-order valence-electron chi connectivity index (χ0n) is 8.41. The van der Waals surface area contributed by atoms with Gasteiger partial charge in [0.25, 0.3) is 0 Å². The summed E-state index contributed by atoms with van der Waals surface area (Å²) in [5.74, 6) is 0.867. The fourth-order valence-corrected chi connectivity index (χ4v) is 1.87. The molecule has 3 nitrogen and oxygen atoms in total. The zero-order chi connectivity index (χ0) is 10.5. The SMILES string of the molecule is Brc1ccccc1OCC1CNCCO1. The second-order valence-corrected chi connectivity index (χ2v) is 4.29. The molecule has 0 saturated carbocycles. The Bertz CT molecular complexity index is 313. The van der Waals surface area contributed by atoms with E-state index in [9.17, 15) is 0 Å². The number of halogens is 1. The molecule has 0 amide bonds. The van der Waals surface area contributed by atoms with Crippen LogP contribution in [0, 0.1) is 0 Å². The summed E-state index contributed by atoms with van der Waals surface area (Å²) >= 11 is 3.44. The van der Waals surface area contributed by atoms with Gasteiger partial charge in [0.2, 0.25) is 0 Å². The van der Waals surface area contributed by atoms with E-state index in [0.717, 1.165) is 29.9 Å². The molecule has 1 heterocycles. The average molecular weight is 272 g/mol. The van der Waals surface area contributed by atoms with Crippen LogP contribution in [0.3, 0.4) is 0 Å². The summed E-state index contributed by atoms with van der Waals surface area (Å²) in [5.41, 5.74) is 0. The van der Waals surface area contributed by atoms with Crippen molar-refractivity contribution in [3.63, 3.8) is 0 Å². The van der Waals surface area contributed by atoms with E-state index in [-0.39, 0.29) is 6.10 Å². The lowest BCUT2D eigenvalue weighted by atomic mass is 10.3. The number of rotatable bonds is 3. The van der Waals surface area contributed by atoms with E-state index < -0.39 is 0 Å². The Morgan fingerprint density at radius 3 is 3.07 bits per heavy atom. The lowest BCUT2D eigenvalue weighted by Crippen LogP contribution is -2.41. The Balaban J connectivity index is 1.84. The van der Waals surface area contributed by atoms with Crippen LogP contribution < -0.4 is 10.1 Å². The molecule has 1 aromatic carbocycles. The third-order valence-electron chi connectivity index (χ3n) is 2.27. The van der Waals surface area contributed by atoms with Crippen molar-refractivity contribution >= 4 is 15.9 Å². The smallest absolute Gasteiger partial charge is 0.133 e. The molecule has 1 fully saturated rings. The van der Waals surface area contributed by atoms with Gasteiger partial charge in [-0.2, -0.15) is 0 Å². The molecule has 1 unspecified atom stereocenters. The first-order valence-electron chi connectivity index (χ1n) is 5.06. The van der Waals surface area contributed by atoms with Gasteiger partial charge in [-0.05, 0) is 28.1 Å². The molecule has 0 aromatic heterocycles. The molecule has 4 heteroatoms. The first kappa shape index (κ1) is 10.9. The molecular weight excluding hydrogens is 258 g/mol. The maximum atomic E-state index is 5.66. The van der Waals surface area contributed by atoms with Crippen LogP contribution in [0.4, 0.5) is 0 Å². The molecule has 82 valence electrons. The number of morpholine rings is 1. The molecule has 0 bridgehead atoms. The zero-order valence-corrected chi connectivity index (χ0v) is 10.00. The topological polar surface area (TPSA) is 30.5 Å². The van der Waals surface area contributed by atoms with Crippen LogP contribution >= 0.6 is 15.9 Å². The van der Waals surface area contributed by atoms with Crippen LogP contribution in [0.5, 0.6) is 5.75 Å². The third-order valence-corrected chi connectivity index (χ3v) is 2.92. The third kappa shape index (κ3) is 3.19. The first-order chi connectivity index (χ1) is 7.36. The number of ether oxygens (including phenoxy) is 2. The lowest BCUT2D eigenvalue weighted by Gasteiger charge is -2.23. The Labute approximate surface area is 97.9 Å². The van der Waals surface area contributed by atoms with Gasteiger partial charge in [0, 0.05) is 13.1 Å². The van der Waals surface area contributed by atoms with Crippen molar-refractivity contribution in [1.82, 2.24) is 5.32 Å². The lowest BCUT2D eigenvalue weighted by molar-refractivity contribution is 0.0000439. The minimum atomic E-state index is 0.158. The normalized spacial score (nSPS) is 21.3. The van der Waals surface area contributed by atoms with Gasteiger partial charge in [-0.1, -0.05) is 12.1 Å². The van der Waals surface area contributed by atoms with E-state index in [1.165, 1.54) is 0 Å². The van der Waals surface area contributed by atoms with Crippen molar-refractivity contribution in [1.29, 1.82) is 0 Å². The van der Waals surface area contributed by atoms with E-state index in [4.69, 9.17) is 9.47 Å². The van der Waals surface area contributed by atoms with E-state index in [0.29, 0.717) is 6.61 Å². The predicted molar refractivity (Wildman–Crippen MR) is 62.2 cm³/mol.